The Labute approximate surface area is 94.1 Å². The van der Waals surface area contributed by atoms with Gasteiger partial charge >= 0.3 is 18.1 Å². The van der Waals surface area contributed by atoms with Gasteiger partial charge in [0.1, 0.15) is 0 Å². The van der Waals surface area contributed by atoms with Crippen LogP contribution in [0.5, 0.6) is 0 Å². The maximum Gasteiger partial charge on any atom is 0.416 e. The molecule has 0 aliphatic heterocycles. The molecule has 0 unspecified atom stereocenters. The first-order valence-corrected chi connectivity index (χ1v) is 4.44. The Morgan fingerprint density at radius 3 is 2.35 bits per heavy atom. The number of carboxylic acid groups (broad SMARTS) is 1. The van der Waals surface area contributed by atoms with E-state index in [9.17, 15) is 22.8 Å². The van der Waals surface area contributed by atoms with Crippen molar-refractivity contribution >= 4 is 17.6 Å². The molecular weight excluding hydrogens is 239 g/mol. The maximum absolute atomic E-state index is 12.4. The molecule has 0 aromatic heterocycles. The van der Waals surface area contributed by atoms with E-state index >= 15 is 0 Å². The summed E-state index contributed by atoms with van der Waals surface area (Å²) in [5, 5.41) is 10.2. The number of carbonyl (C=O) groups is 2. The van der Waals surface area contributed by atoms with E-state index in [1.807, 2.05) is 5.32 Å². The standard InChI is InChI=1S/C10H8F3NO3/c1-5-2-3-6(10(11,12)13)4-7(5)14-8(15)9(16)17/h2-4H,1H3,(H,14,15)(H,16,17). The smallest absolute Gasteiger partial charge is 0.416 e. The molecule has 17 heavy (non-hydrogen) atoms. The molecule has 1 aromatic carbocycles. The molecule has 0 aliphatic rings. The fourth-order valence-corrected chi connectivity index (χ4v) is 1.11. The van der Waals surface area contributed by atoms with E-state index in [-0.39, 0.29) is 5.69 Å². The average molecular weight is 247 g/mol. The Kier molecular flexibility index (Phi) is 3.40. The molecule has 1 aromatic rings. The molecule has 0 saturated carbocycles. The second kappa shape index (κ2) is 4.44. The van der Waals surface area contributed by atoms with Gasteiger partial charge in [-0.05, 0) is 24.6 Å². The van der Waals surface area contributed by atoms with Gasteiger partial charge in [0.2, 0.25) is 0 Å². The van der Waals surface area contributed by atoms with Crippen molar-refractivity contribution in [1.82, 2.24) is 0 Å². The van der Waals surface area contributed by atoms with Gasteiger partial charge in [0.15, 0.2) is 0 Å². The highest BCUT2D eigenvalue weighted by Gasteiger charge is 2.31. The Morgan fingerprint density at radius 1 is 1.29 bits per heavy atom. The van der Waals surface area contributed by atoms with E-state index in [0.29, 0.717) is 11.6 Å². The number of anilines is 1. The summed E-state index contributed by atoms with van der Waals surface area (Å²) in [7, 11) is 0. The van der Waals surface area contributed by atoms with Crippen molar-refractivity contribution < 1.29 is 27.9 Å². The van der Waals surface area contributed by atoms with Gasteiger partial charge in [-0.15, -0.1) is 0 Å². The van der Waals surface area contributed by atoms with Crippen LogP contribution in [0.25, 0.3) is 0 Å². The van der Waals surface area contributed by atoms with Gasteiger partial charge in [0.05, 0.1) is 5.56 Å². The highest BCUT2D eigenvalue weighted by molar-refractivity contribution is 6.36. The zero-order chi connectivity index (χ0) is 13.2. The molecule has 0 atom stereocenters. The van der Waals surface area contributed by atoms with Crippen LogP contribution in [-0.2, 0) is 15.8 Å². The second-order valence-electron chi connectivity index (χ2n) is 3.29. The number of benzene rings is 1. The SMILES string of the molecule is Cc1ccc(C(F)(F)F)cc1NC(=O)C(=O)O. The van der Waals surface area contributed by atoms with E-state index in [4.69, 9.17) is 5.11 Å². The minimum Gasteiger partial charge on any atom is -0.474 e. The predicted octanol–water partition coefficient (Wildman–Crippen LogP) is 2.04. The molecule has 1 rings (SSSR count). The number of carboxylic acids is 1. The number of rotatable bonds is 1. The fraction of sp³-hybridized carbons (Fsp3) is 0.200. The first-order chi connectivity index (χ1) is 7.71. The molecule has 0 heterocycles. The van der Waals surface area contributed by atoms with Crippen molar-refractivity contribution in [3.63, 3.8) is 0 Å². The zero-order valence-electron chi connectivity index (χ0n) is 8.63. The molecule has 7 heteroatoms. The highest BCUT2D eigenvalue weighted by Crippen LogP contribution is 2.31. The van der Waals surface area contributed by atoms with E-state index in [1.54, 1.807) is 0 Å². The van der Waals surface area contributed by atoms with E-state index in [1.165, 1.54) is 6.92 Å². The van der Waals surface area contributed by atoms with Crippen molar-refractivity contribution in [2.45, 2.75) is 13.1 Å². The molecule has 0 spiro atoms. The lowest BCUT2D eigenvalue weighted by molar-refractivity contribution is -0.147. The van der Waals surface area contributed by atoms with Crippen molar-refractivity contribution in [1.29, 1.82) is 0 Å². The number of nitrogens with one attached hydrogen (secondary N) is 1. The summed E-state index contributed by atoms with van der Waals surface area (Å²) < 4.78 is 37.1. The molecule has 0 fully saturated rings. The van der Waals surface area contributed by atoms with Crippen LogP contribution < -0.4 is 5.32 Å². The van der Waals surface area contributed by atoms with Crippen LogP contribution in [0.2, 0.25) is 0 Å². The topological polar surface area (TPSA) is 66.4 Å². The molecule has 92 valence electrons. The van der Waals surface area contributed by atoms with Crippen LogP contribution in [-0.4, -0.2) is 17.0 Å². The number of hydrogen-bond donors (Lipinski definition) is 2. The van der Waals surface area contributed by atoms with E-state index in [2.05, 4.69) is 0 Å². The Balaban J connectivity index is 3.07. The lowest BCUT2D eigenvalue weighted by atomic mass is 10.1. The van der Waals surface area contributed by atoms with E-state index in [0.717, 1.165) is 12.1 Å². The molecule has 2 N–H and O–H groups in total. The normalized spacial score (nSPS) is 11.1. The first-order valence-electron chi connectivity index (χ1n) is 4.44. The maximum atomic E-state index is 12.4. The Morgan fingerprint density at radius 2 is 1.88 bits per heavy atom. The quantitative estimate of drug-likeness (QED) is 0.746. The third-order valence-electron chi connectivity index (χ3n) is 2.01. The molecule has 1 amide bonds. The van der Waals surface area contributed by atoms with Gasteiger partial charge in [0, 0.05) is 5.69 Å². The predicted molar refractivity (Wildman–Crippen MR) is 52.4 cm³/mol. The van der Waals surface area contributed by atoms with Crippen molar-refractivity contribution in [3.05, 3.63) is 29.3 Å². The van der Waals surface area contributed by atoms with Crippen LogP contribution in [0, 0.1) is 6.92 Å². The lowest BCUT2D eigenvalue weighted by Gasteiger charge is -2.11. The molecule has 0 bridgehead atoms. The van der Waals surface area contributed by atoms with Gasteiger partial charge < -0.3 is 10.4 Å². The molecular formula is C10H8F3NO3. The summed E-state index contributed by atoms with van der Waals surface area (Å²) in [6.07, 6.45) is -4.55. The fourth-order valence-electron chi connectivity index (χ4n) is 1.11. The van der Waals surface area contributed by atoms with Crippen LogP contribution in [0.1, 0.15) is 11.1 Å². The van der Waals surface area contributed by atoms with Crippen LogP contribution in [0.3, 0.4) is 0 Å². The summed E-state index contributed by atoms with van der Waals surface area (Å²) in [6.45, 7) is 1.46. The van der Waals surface area contributed by atoms with Gasteiger partial charge in [0.25, 0.3) is 0 Å². The number of aliphatic carboxylic acids is 1. The van der Waals surface area contributed by atoms with Crippen LogP contribution in [0.15, 0.2) is 18.2 Å². The summed E-state index contributed by atoms with van der Waals surface area (Å²) >= 11 is 0. The summed E-state index contributed by atoms with van der Waals surface area (Å²) in [5.41, 5.74) is -0.788. The number of halogens is 3. The van der Waals surface area contributed by atoms with Crippen molar-refractivity contribution in [2.24, 2.45) is 0 Å². The summed E-state index contributed by atoms with van der Waals surface area (Å²) in [4.78, 5) is 21.1. The minimum absolute atomic E-state index is 0.174. The second-order valence-corrected chi connectivity index (χ2v) is 3.29. The van der Waals surface area contributed by atoms with Gasteiger partial charge in [-0.25, -0.2) is 4.79 Å². The van der Waals surface area contributed by atoms with E-state index < -0.39 is 23.6 Å². The number of carbonyl (C=O) groups excluding carboxylic acids is 1. The molecule has 0 saturated heterocycles. The third-order valence-corrected chi connectivity index (χ3v) is 2.01. The molecule has 0 aliphatic carbocycles. The van der Waals surface area contributed by atoms with Crippen molar-refractivity contribution in [2.75, 3.05) is 5.32 Å². The number of aryl methyl sites for hydroxylation is 1. The highest BCUT2D eigenvalue weighted by atomic mass is 19.4. The van der Waals surface area contributed by atoms with Gasteiger partial charge in [-0.1, -0.05) is 6.07 Å². The average Bonchev–Trinajstić information content (AvgIpc) is 2.19. The monoisotopic (exact) mass is 247 g/mol. The van der Waals surface area contributed by atoms with Crippen LogP contribution in [0.4, 0.5) is 18.9 Å². The third kappa shape index (κ3) is 3.20. The Bertz CT molecular complexity index is 468. The number of alkyl halides is 3. The zero-order valence-corrected chi connectivity index (χ0v) is 8.63. The largest absolute Gasteiger partial charge is 0.474 e. The van der Waals surface area contributed by atoms with Gasteiger partial charge in [-0.3, -0.25) is 4.79 Å². The minimum atomic E-state index is -4.55. The number of amides is 1. The number of hydrogen-bond acceptors (Lipinski definition) is 2. The van der Waals surface area contributed by atoms with Gasteiger partial charge in [-0.2, -0.15) is 13.2 Å². The molecule has 4 nitrogen and oxygen atoms in total. The molecule has 0 radical (unpaired) electrons. The Hall–Kier alpha value is -2.05. The van der Waals surface area contributed by atoms with Crippen LogP contribution >= 0.6 is 0 Å². The summed E-state index contributed by atoms with van der Waals surface area (Å²) in [6, 6.07) is 2.70. The first kappa shape index (κ1) is 13.0. The van der Waals surface area contributed by atoms with Crippen molar-refractivity contribution in [3.8, 4) is 0 Å². The summed E-state index contributed by atoms with van der Waals surface area (Å²) in [5.74, 6) is -3.14. The lowest BCUT2D eigenvalue weighted by Crippen LogP contribution is -2.22.